The van der Waals surface area contributed by atoms with Crippen LogP contribution in [0.2, 0.25) is 0 Å². The van der Waals surface area contributed by atoms with Gasteiger partial charge in [0.25, 0.3) is 5.91 Å². The number of aliphatic hydroxyl groups is 2. The second kappa shape index (κ2) is 10.9. The molecule has 3 aliphatic carbocycles. The van der Waals surface area contributed by atoms with Gasteiger partial charge in [0.2, 0.25) is 0 Å². The second-order valence-electron chi connectivity index (χ2n) is 11.0. The molecule has 11 nitrogen and oxygen atoms in total. The third kappa shape index (κ3) is 4.81. The number of nitrogens with one attached hydrogen (secondary N) is 1. The predicted octanol–water partition coefficient (Wildman–Crippen LogP) is 4.75. The average Bonchev–Trinajstić information content (AvgIpc) is 2.97. The summed E-state index contributed by atoms with van der Waals surface area (Å²) in [5.41, 5.74) is 7.23. The number of Topliss-reactive ketones (excluding diaryl/α,β-unsaturated/α-hetero) is 2. The number of fused-ring (bicyclic) bond motifs is 3. The quantitative estimate of drug-likeness (QED) is 0.259. The third-order valence-corrected chi connectivity index (χ3v) is 8.48. The number of methoxy groups -OCH3 is 1. The molecule has 44 heavy (non-hydrogen) atoms. The van der Waals surface area contributed by atoms with Crippen LogP contribution in [0.4, 0.5) is 10.5 Å². The SMILES string of the molecule is COc1ccc(OC(=O)Nc2ccc(-c3ccc(O)c4c3CC3CC5CC(O)=C(C(N)=O)C(=O)C5C(O)=C3C4=O)cc2)cc1. The highest BCUT2D eigenvalue weighted by Crippen LogP contribution is 2.50. The fraction of sp³-hybridized carbons (Fsp3) is 0.212. The van der Waals surface area contributed by atoms with E-state index in [4.69, 9.17) is 15.2 Å². The number of carbonyl (C=O) groups excluding carboxylic acids is 4. The molecule has 3 aromatic rings. The van der Waals surface area contributed by atoms with Gasteiger partial charge in [0.1, 0.15) is 34.3 Å². The number of phenolic OH excluding ortho intramolecular Hbond substituents is 1. The van der Waals surface area contributed by atoms with Crippen molar-refractivity contribution < 1.29 is 44.0 Å². The number of carbonyl (C=O) groups is 4. The summed E-state index contributed by atoms with van der Waals surface area (Å²) in [5, 5.41) is 35.0. The molecule has 3 atom stereocenters. The van der Waals surface area contributed by atoms with Crippen molar-refractivity contribution in [3.05, 3.63) is 94.5 Å². The lowest BCUT2D eigenvalue weighted by Gasteiger charge is -2.41. The molecule has 0 radical (unpaired) electrons. The van der Waals surface area contributed by atoms with E-state index in [1.54, 1.807) is 54.6 Å². The number of benzene rings is 3. The lowest BCUT2D eigenvalue weighted by Crippen LogP contribution is -2.43. The summed E-state index contributed by atoms with van der Waals surface area (Å²) in [5.74, 6) is -4.85. The Labute approximate surface area is 251 Å². The van der Waals surface area contributed by atoms with Crippen molar-refractivity contribution in [3.8, 4) is 28.4 Å². The van der Waals surface area contributed by atoms with Crippen LogP contribution in [0, 0.1) is 17.8 Å². The van der Waals surface area contributed by atoms with Crippen molar-refractivity contribution in [1.82, 2.24) is 0 Å². The molecule has 0 fully saturated rings. The number of rotatable bonds is 5. The van der Waals surface area contributed by atoms with Crippen molar-refractivity contribution >= 4 is 29.3 Å². The van der Waals surface area contributed by atoms with Crippen LogP contribution in [0.3, 0.4) is 0 Å². The van der Waals surface area contributed by atoms with Gasteiger partial charge in [-0.05, 0) is 83.8 Å². The van der Waals surface area contributed by atoms with E-state index in [9.17, 15) is 34.5 Å². The number of allylic oxidation sites excluding steroid dienone is 3. The summed E-state index contributed by atoms with van der Waals surface area (Å²) in [6, 6.07) is 16.5. The standard InChI is InChI=1S/C33H28N2O9/c1-43-19-6-8-20(9-7-19)44-33(42)35-18-4-2-15(3-5-18)21-10-11-23(36)27-22(21)13-16-12-17-14-24(37)28(32(34)41)31(40)26(17)29(38)25(16)30(27)39/h2-11,16-17,26,36-38H,12-14H2,1H3,(H2,34,41)(H,35,42). The first-order valence-electron chi connectivity index (χ1n) is 13.9. The Morgan fingerprint density at radius 1 is 0.909 bits per heavy atom. The largest absolute Gasteiger partial charge is 0.511 e. The first-order valence-corrected chi connectivity index (χ1v) is 13.9. The van der Waals surface area contributed by atoms with Gasteiger partial charge >= 0.3 is 6.09 Å². The number of anilines is 1. The van der Waals surface area contributed by atoms with Crippen molar-refractivity contribution in [1.29, 1.82) is 0 Å². The highest BCUT2D eigenvalue weighted by molar-refractivity contribution is 6.22. The van der Waals surface area contributed by atoms with Crippen molar-refractivity contribution in [2.24, 2.45) is 23.5 Å². The molecule has 3 aromatic carbocycles. The number of ether oxygens (including phenoxy) is 2. The zero-order valence-corrected chi connectivity index (χ0v) is 23.5. The maximum Gasteiger partial charge on any atom is 0.417 e. The summed E-state index contributed by atoms with van der Waals surface area (Å²) in [4.78, 5) is 51.0. The van der Waals surface area contributed by atoms with Gasteiger partial charge in [-0.15, -0.1) is 0 Å². The van der Waals surface area contributed by atoms with Gasteiger partial charge in [0.05, 0.1) is 18.6 Å². The number of amides is 2. The van der Waals surface area contributed by atoms with Crippen LogP contribution in [-0.4, -0.2) is 46.0 Å². The van der Waals surface area contributed by atoms with E-state index in [0.29, 0.717) is 40.3 Å². The van der Waals surface area contributed by atoms with Crippen LogP contribution in [0.1, 0.15) is 28.8 Å². The topological polar surface area (TPSA) is 185 Å². The molecule has 0 saturated carbocycles. The molecule has 0 aromatic heterocycles. The minimum Gasteiger partial charge on any atom is -0.511 e. The molecular formula is C33H28N2O9. The first-order chi connectivity index (χ1) is 21.1. The smallest absolute Gasteiger partial charge is 0.417 e. The summed E-state index contributed by atoms with van der Waals surface area (Å²) in [7, 11) is 1.54. The maximum absolute atomic E-state index is 13.8. The molecule has 224 valence electrons. The van der Waals surface area contributed by atoms with E-state index in [1.165, 1.54) is 13.2 Å². The van der Waals surface area contributed by atoms with Crippen LogP contribution in [0.5, 0.6) is 17.2 Å². The van der Waals surface area contributed by atoms with E-state index in [-0.39, 0.29) is 29.7 Å². The normalized spacial score (nSPS) is 20.8. The monoisotopic (exact) mass is 596 g/mol. The summed E-state index contributed by atoms with van der Waals surface area (Å²) in [6.07, 6.45) is -0.143. The predicted molar refractivity (Wildman–Crippen MR) is 157 cm³/mol. The fourth-order valence-electron chi connectivity index (χ4n) is 6.54. The minimum atomic E-state index is -1.17. The van der Waals surface area contributed by atoms with Crippen molar-refractivity contribution in [2.75, 3.05) is 12.4 Å². The zero-order valence-electron chi connectivity index (χ0n) is 23.5. The lowest BCUT2D eigenvalue weighted by molar-refractivity contribution is -0.126. The Bertz CT molecular complexity index is 1790. The summed E-state index contributed by atoms with van der Waals surface area (Å²) in [6.45, 7) is 0. The molecule has 2 amide bonds. The van der Waals surface area contributed by atoms with E-state index < -0.39 is 58.4 Å². The van der Waals surface area contributed by atoms with Crippen LogP contribution in [-0.2, 0) is 16.0 Å². The van der Waals surface area contributed by atoms with E-state index in [2.05, 4.69) is 5.32 Å². The lowest BCUT2D eigenvalue weighted by atomic mass is 9.62. The van der Waals surface area contributed by atoms with Crippen LogP contribution < -0.4 is 20.5 Å². The number of aliphatic hydroxyl groups excluding tert-OH is 2. The molecular weight excluding hydrogens is 568 g/mol. The molecule has 6 N–H and O–H groups in total. The molecule has 0 spiro atoms. The Kier molecular flexibility index (Phi) is 7.08. The number of ketones is 2. The number of phenols is 1. The molecule has 0 aliphatic heterocycles. The number of hydrogen-bond acceptors (Lipinski definition) is 9. The molecule has 11 heteroatoms. The molecule has 3 unspecified atom stereocenters. The Balaban J connectivity index is 1.27. The average molecular weight is 597 g/mol. The van der Waals surface area contributed by atoms with Gasteiger partial charge in [0, 0.05) is 17.7 Å². The highest BCUT2D eigenvalue weighted by atomic mass is 16.6. The van der Waals surface area contributed by atoms with Crippen molar-refractivity contribution in [2.45, 2.75) is 19.3 Å². The first kappa shape index (κ1) is 28.5. The number of nitrogens with two attached hydrogens (primary N) is 1. The zero-order chi connectivity index (χ0) is 31.3. The maximum atomic E-state index is 13.8. The second-order valence-corrected chi connectivity index (χ2v) is 11.0. The molecule has 6 rings (SSSR count). The Morgan fingerprint density at radius 2 is 1.59 bits per heavy atom. The van der Waals surface area contributed by atoms with E-state index >= 15 is 0 Å². The summed E-state index contributed by atoms with van der Waals surface area (Å²) >= 11 is 0. The van der Waals surface area contributed by atoms with Gasteiger partial charge in [-0.2, -0.15) is 0 Å². The van der Waals surface area contributed by atoms with Crippen molar-refractivity contribution in [3.63, 3.8) is 0 Å². The van der Waals surface area contributed by atoms with E-state index in [1.807, 2.05) is 0 Å². The summed E-state index contributed by atoms with van der Waals surface area (Å²) < 4.78 is 10.4. The molecule has 0 saturated heterocycles. The van der Waals surface area contributed by atoms with E-state index in [0.717, 1.165) is 0 Å². The Hall–Kier alpha value is -5.58. The van der Waals surface area contributed by atoms with Gasteiger partial charge < -0.3 is 30.5 Å². The fourth-order valence-corrected chi connectivity index (χ4v) is 6.54. The number of primary amides is 1. The third-order valence-electron chi connectivity index (χ3n) is 8.48. The molecule has 0 heterocycles. The number of aromatic hydroxyl groups is 1. The molecule has 3 aliphatic rings. The highest BCUT2D eigenvalue weighted by Gasteiger charge is 2.50. The Morgan fingerprint density at radius 3 is 2.25 bits per heavy atom. The van der Waals surface area contributed by atoms with Gasteiger partial charge in [-0.25, -0.2) is 4.79 Å². The molecule has 0 bridgehead atoms. The van der Waals surface area contributed by atoms with Gasteiger partial charge in [-0.1, -0.05) is 18.2 Å². The van der Waals surface area contributed by atoms with Gasteiger partial charge in [-0.3, -0.25) is 19.7 Å². The van der Waals surface area contributed by atoms with Gasteiger partial charge in [0.15, 0.2) is 11.6 Å². The van der Waals surface area contributed by atoms with Crippen LogP contribution in [0.25, 0.3) is 11.1 Å². The number of hydrogen-bond donors (Lipinski definition) is 5. The minimum absolute atomic E-state index is 0.0275. The van der Waals surface area contributed by atoms with Crippen LogP contribution >= 0.6 is 0 Å². The van der Waals surface area contributed by atoms with Crippen LogP contribution in [0.15, 0.2) is 83.3 Å².